The van der Waals surface area contributed by atoms with Crippen molar-refractivity contribution < 1.29 is 9.53 Å². The Bertz CT molecular complexity index is 363. The summed E-state index contributed by atoms with van der Waals surface area (Å²) >= 11 is 1.67. The Balaban J connectivity index is 2.05. The van der Waals surface area contributed by atoms with Crippen LogP contribution in [0.2, 0.25) is 0 Å². The lowest BCUT2D eigenvalue weighted by atomic mass is 10.1. The molecular formula is C13H17NO2S. The van der Waals surface area contributed by atoms with Crippen LogP contribution in [0.3, 0.4) is 0 Å². The third-order valence-corrected chi connectivity index (χ3v) is 4.49. The highest BCUT2D eigenvalue weighted by Gasteiger charge is 2.24. The van der Waals surface area contributed by atoms with Gasteiger partial charge in [-0.2, -0.15) is 0 Å². The molecule has 1 aromatic carbocycles. The molecule has 1 aliphatic rings. The summed E-state index contributed by atoms with van der Waals surface area (Å²) < 4.78 is 5.32. The summed E-state index contributed by atoms with van der Waals surface area (Å²) in [5, 5.41) is 0.237. The highest BCUT2D eigenvalue weighted by molar-refractivity contribution is 8.00. The second-order valence-electron chi connectivity index (χ2n) is 4.14. The van der Waals surface area contributed by atoms with Crippen molar-refractivity contribution >= 4 is 17.7 Å². The minimum absolute atomic E-state index is 0.237. The number of hydrogen-bond donors (Lipinski definition) is 1. The van der Waals surface area contributed by atoms with Gasteiger partial charge in [0.15, 0.2) is 0 Å². The SMILES string of the molecule is NC(=O)[C@@H](SC1CCOCC1)c1ccccc1. The molecule has 92 valence electrons. The van der Waals surface area contributed by atoms with E-state index in [1.54, 1.807) is 11.8 Å². The molecule has 1 aromatic rings. The molecule has 1 amide bonds. The molecule has 4 heteroatoms. The number of nitrogens with two attached hydrogens (primary N) is 1. The molecule has 0 bridgehead atoms. The van der Waals surface area contributed by atoms with Crippen molar-refractivity contribution in [3.63, 3.8) is 0 Å². The standard InChI is InChI=1S/C13H17NO2S/c14-13(15)12(10-4-2-1-3-5-10)17-11-6-8-16-9-7-11/h1-5,11-12H,6-9H2,(H2,14,15)/t12-/m0/s1. The van der Waals surface area contributed by atoms with Crippen LogP contribution in [0, 0.1) is 0 Å². The minimum atomic E-state index is -0.257. The molecular weight excluding hydrogens is 234 g/mol. The van der Waals surface area contributed by atoms with Gasteiger partial charge in [0.1, 0.15) is 5.25 Å². The largest absolute Gasteiger partial charge is 0.381 e. The summed E-state index contributed by atoms with van der Waals surface area (Å²) in [7, 11) is 0. The van der Waals surface area contributed by atoms with Crippen molar-refractivity contribution in [3.05, 3.63) is 35.9 Å². The van der Waals surface area contributed by atoms with Gasteiger partial charge >= 0.3 is 0 Å². The molecule has 1 aliphatic heterocycles. The Morgan fingerprint density at radius 3 is 2.53 bits per heavy atom. The van der Waals surface area contributed by atoms with Crippen molar-refractivity contribution in [2.45, 2.75) is 23.3 Å². The molecule has 0 aromatic heterocycles. The quantitative estimate of drug-likeness (QED) is 0.892. The number of carbonyl (C=O) groups is 1. The Morgan fingerprint density at radius 1 is 1.29 bits per heavy atom. The first-order chi connectivity index (χ1) is 8.27. The Morgan fingerprint density at radius 2 is 1.94 bits per heavy atom. The van der Waals surface area contributed by atoms with Gasteiger partial charge in [-0.3, -0.25) is 4.79 Å². The fourth-order valence-corrected chi connectivity index (χ4v) is 3.24. The van der Waals surface area contributed by atoms with E-state index in [9.17, 15) is 4.79 Å². The molecule has 3 nitrogen and oxygen atoms in total. The molecule has 2 rings (SSSR count). The Labute approximate surface area is 106 Å². The number of ether oxygens (including phenoxy) is 1. The van der Waals surface area contributed by atoms with E-state index in [0.29, 0.717) is 5.25 Å². The summed E-state index contributed by atoms with van der Waals surface area (Å²) in [5.41, 5.74) is 6.49. The number of hydrogen-bond acceptors (Lipinski definition) is 3. The average Bonchev–Trinajstić information content (AvgIpc) is 2.38. The lowest BCUT2D eigenvalue weighted by molar-refractivity contribution is -0.117. The lowest BCUT2D eigenvalue weighted by Crippen LogP contribution is -2.24. The third-order valence-electron chi connectivity index (χ3n) is 2.86. The fourth-order valence-electron chi connectivity index (χ4n) is 1.94. The Kier molecular flexibility index (Phi) is 4.45. The maximum Gasteiger partial charge on any atom is 0.235 e. The monoisotopic (exact) mass is 251 g/mol. The molecule has 0 aliphatic carbocycles. The summed E-state index contributed by atoms with van der Waals surface area (Å²) in [5.74, 6) is -0.257. The van der Waals surface area contributed by atoms with E-state index in [0.717, 1.165) is 31.6 Å². The Hall–Kier alpha value is -1.00. The van der Waals surface area contributed by atoms with Gasteiger partial charge in [-0.05, 0) is 18.4 Å². The van der Waals surface area contributed by atoms with Gasteiger partial charge in [0.05, 0.1) is 0 Å². The second kappa shape index (κ2) is 6.07. The van der Waals surface area contributed by atoms with E-state index in [2.05, 4.69) is 0 Å². The zero-order valence-corrected chi connectivity index (χ0v) is 10.5. The van der Waals surface area contributed by atoms with Crippen molar-refractivity contribution in [1.29, 1.82) is 0 Å². The lowest BCUT2D eigenvalue weighted by Gasteiger charge is -2.25. The first-order valence-corrected chi connectivity index (χ1v) is 6.79. The fraction of sp³-hybridized carbons (Fsp3) is 0.462. The summed E-state index contributed by atoms with van der Waals surface area (Å²) in [4.78, 5) is 11.5. The predicted molar refractivity (Wildman–Crippen MR) is 69.8 cm³/mol. The molecule has 1 atom stereocenters. The van der Waals surface area contributed by atoms with E-state index in [4.69, 9.17) is 10.5 Å². The summed E-state index contributed by atoms with van der Waals surface area (Å²) in [6.45, 7) is 1.58. The molecule has 0 radical (unpaired) electrons. The van der Waals surface area contributed by atoms with E-state index in [-0.39, 0.29) is 11.2 Å². The number of carbonyl (C=O) groups excluding carboxylic acids is 1. The van der Waals surface area contributed by atoms with Crippen LogP contribution in [0.25, 0.3) is 0 Å². The molecule has 1 fully saturated rings. The van der Waals surface area contributed by atoms with Crippen LogP contribution in [-0.4, -0.2) is 24.4 Å². The topological polar surface area (TPSA) is 52.3 Å². The van der Waals surface area contributed by atoms with Crippen LogP contribution < -0.4 is 5.73 Å². The predicted octanol–water partition coefficient (Wildman–Crippen LogP) is 2.13. The smallest absolute Gasteiger partial charge is 0.235 e. The minimum Gasteiger partial charge on any atom is -0.381 e. The van der Waals surface area contributed by atoms with Crippen LogP contribution in [0.4, 0.5) is 0 Å². The van der Waals surface area contributed by atoms with E-state index in [1.807, 2.05) is 30.3 Å². The highest BCUT2D eigenvalue weighted by Crippen LogP contribution is 2.35. The van der Waals surface area contributed by atoms with Crippen molar-refractivity contribution in [1.82, 2.24) is 0 Å². The van der Waals surface area contributed by atoms with Gasteiger partial charge in [0.25, 0.3) is 0 Å². The summed E-state index contributed by atoms with van der Waals surface area (Å²) in [6, 6.07) is 9.75. The van der Waals surface area contributed by atoms with Crippen molar-refractivity contribution in [3.8, 4) is 0 Å². The number of thioether (sulfide) groups is 1. The van der Waals surface area contributed by atoms with Crippen LogP contribution >= 0.6 is 11.8 Å². The van der Waals surface area contributed by atoms with E-state index >= 15 is 0 Å². The molecule has 0 saturated carbocycles. The van der Waals surface area contributed by atoms with Gasteiger partial charge < -0.3 is 10.5 Å². The third kappa shape index (κ3) is 3.48. The van der Waals surface area contributed by atoms with Gasteiger partial charge in [0.2, 0.25) is 5.91 Å². The highest BCUT2D eigenvalue weighted by atomic mass is 32.2. The molecule has 0 unspecified atom stereocenters. The zero-order valence-electron chi connectivity index (χ0n) is 9.67. The number of benzene rings is 1. The van der Waals surface area contributed by atoms with Crippen molar-refractivity contribution in [2.75, 3.05) is 13.2 Å². The number of primary amides is 1. The molecule has 17 heavy (non-hydrogen) atoms. The number of rotatable bonds is 4. The van der Waals surface area contributed by atoms with Crippen LogP contribution in [0.1, 0.15) is 23.7 Å². The molecule has 1 saturated heterocycles. The van der Waals surface area contributed by atoms with Gasteiger partial charge in [-0.1, -0.05) is 30.3 Å². The summed E-state index contributed by atoms with van der Waals surface area (Å²) in [6.07, 6.45) is 2.00. The maximum absolute atomic E-state index is 11.5. The first kappa shape index (κ1) is 12.5. The van der Waals surface area contributed by atoms with Crippen LogP contribution in [-0.2, 0) is 9.53 Å². The van der Waals surface area contributed by atoms with Gasteiger partial charge in [-0.15, -0.1) is 11.8 Å². The second-order valence-corrected chi connectivity index (χ2v) is 5.55. The molecule has 2 N–H and O–H groups in total. The van der Waals surface area contributed by atoms with E-state index < -0.39 is 0 Å². The van der Waals surface area contributed by atoms with E-state index in [1.165, 1.54) is 0 Å². The van der Waals surface area contributed by atoms with Gasteiger partial charge in [0, 0.05) is 18.5 Å². The average molecular weight is 251 g/mol. The molecule has 1 heterocycles. The first-order valence-electron chi connectivity index (χ1n) is 5.85. The van der Waals surface area contributed by atoms with Crippen LogP contribution in [0.15, 0.2) is 30.3 Å². The number of amides is 1. The van der Waals surface area contributed by atoms with Crippen LogP contribution in [0.5, 0.6) is 0 Å². The van der Waals surface area contributed by atoms with Crippen molar-refractivity contribution in [2.24, 2.45) is 5.73 Å². The molecule has 0 spiro atoms. The normalized spacial score (nSPS) is 18.8. The maximum atomic E-state index is 11.5. The van der Waals surface area contributed by atoms with Gasteiger partial charge in [-0.25, -0.2) is 0 Å². The zero-order chi connectivity index (χ0) is 12.1.